The first-order valence-corrected chi connectivity index (χ1v) is 8.27. The van der Waals surface area contributed by atoms with Crippen molar-refractivity contribution in [3.63, 3.8) is 0 Å². The fraction of sp³-hybridized carbons (Fsp3) is 0.0556. The number of nitrogens with zero attached hydrogens (tertiary/aromatic N) is 3. The Balaban J connectivity index is 1.95. The van der Waals surface area contributed by atoms with Crippen LogP contribution in [0.25, 0.3) is 16.6 Å². The van der Waals surface area contributed by atoms with Gasteiger partial charge >= 0.3 is 0 Å². The molecule has 4 rings (SSSR count). The van der Waals surface area contributed by atoms with Crippen LogP contribution in [0, 0.1) is 6.92 Å². The van der Waals surface area contributed by atoms with Gasteiger partial charge in [-0.2, -0.15) is 5.10 Å². The lowest BCUT2D eigenvalue weighted by molar-refractivity contribution is 0.0997. The lowest BCUT2D eigenvalue weighted by Crippen LogP contribution is -2.11. The molecule has 4 aromatic rings. The van der Waals surface area contributed by atoms with E-state index in [9.17, 15) is 4.79 Å². The van der Waals surface area contributed by atoms with Gasteiger partial charge in [-0.1, -0.05) is 42.1 Å². The summed E-state index contributed by atoms with van der Waals surface area (Å²) in [6, 6.07) is 17.2. The zero-order chi connectivity index (χ0) is 16.7. The lowest BCUT2D eigenvalue weighted by atomic mass is 10.2. The second-order valence-electron chi connectivity index (χ2n) is 5.45. The Bertz CT molecular complexity index is 1090. The molecule has 118 valence electrons. The van der Waals surface area contributed by atoms with E-state index in [-0.39, 0.29) is 0 Å². The van der Waals surface area contributed by atoms with E-state index in [0.717, 1.165) is 32.2 Å². The maximum Gasteiger partial charge on any atom is 0.249 e. The largest absolute Gasteiger partial charge is 0.366 e. The molecule has 0 spiro atoms. The van der Waals surface area contributed by atoms with Crippen LogP contribution in [-0.4, -0.2) is 20.5 Å². The molecule has 0 saturated heterocycles. The van der Waals surface area contributed by atoms with E-state index in [0.29, 0.717) is 5.56 Å². The first-order chi connectivity index (χ1) is 11.6. The lowest BCUT2D eigenvalue weighted by Gasteiger charge is -2.09. The normalized spacial score (nSPS) is 11.2. The molecule has 0 bridgehead atoms. The molecule has 2 aromatic heterocycles. The topological polar surface area (TPSA) is 73.3 Å². The molecule has 5 nitrogen and oxygen atoms in total. The van der Waals surface area contributed by atoms with Crippen LogP contribution in [0.15, 0.2) is 64.5 Å². The minimum absolute atomic E-state index is 0.441. The van der Waals surface area contributed by atoms with Crippen LogP contribution < -0.4 is 5.73 Å². The second-order valence-corrected chi connectivity index (χ2v) is 6.48. The third-order valence-electron chi connectivity index (χ3n) is 3.75. The molecule has 0 aliphatic heterocycles. The van der Waals surface area contributed by atoms with Crippen molar-refractivity contribution in [3.8, 4) is 0 Å². The number of primary amides is 1. The number of carbonyl (C=O) groups is 1. The summed E-state index contributed by atoms with van der Waals surface area (Å²) in [5.74, 6) is -0.441. The SMILES string of the molecule is Cc1cc2nc(Sc3ccccc3C(N)=O)c3ccccc3n2n1. The third-order valence-corrected chi connectivity index (χ3v) is 4.83. The van der Waals surface area contributed by atoms with Crippen molar-refractivity contribution in [2.75, 3.05) is 0 Å². The minimum atomic E-state index is -0.441. The molecule has 0 atom stereocenters. The van der Waals surface area contributed by atoms with Crippen LogP contribution in [0.1, 0.15) is 16.1 Å². The fourth-order valence-electron chi connectivity index (χ4n) is 2.69. The first kappa shape index (κ1) is 14.7. The van der Waals surface area contributed by atoms with Gasteiger partial charge in [-0.05, 0) is 25.1 Å². The Morgan fingerprint density at radius 2 is 1.88 bits per heavy atom. The summed E-state index contributed by atoms with van der Waals surface area (Å²) in [7, 11) is 0. The molecule has 0 saturated carbocycles. The van der Waals surface area contributed by atoms with Gasteiger partial charge in [0.2, 0.25) is 5.91 Å². The number of aryl methyl sites for hydroxylation is 1. The number of carbonyl (C=O) groups excluding carboxylic acids is 1. The molecule has 0 aliphatic rings. The summed E-state index contributed by atoms with van der Waals surface area (Å²) < 4.78 is 1.84. The molecule has 0 radical (unpaired) electrons. The summed E-state index contributed by atoms with van der Waals surface area (Å²) in [5, 5.41) is 6.32. The van der Waals surface area contributed by atoms with E-state index >= 15 is 0 Å². The average Bonchev–Trinajstić information content (AvgIpc) is 2.96. The smallest absolute Gasteiger partial charge is 0.249 e. The molecule has 6 heteroatoms. The van der Waals surface area contributed by atoms with Gasteiger partial charge in [0.25, 0.3) is 0 Å². The predicted octanol–water partition coefficient (Wildman–Crippen LogP) is 3.44. The molecular weight excluding hydrogens is 320 g/mol. The number of amides is 1. The molecule has 1 amide bonds. The Labute approximate surface area is 142 Å². The van der Waals surface area contributed by atoms with Crippen molar-refractivity contribution in [1.82, 2.24) is 14.6 Å². The standard InChI is InChI=1S/C18H14N4OS/c1-11-10-16-20-18(12-6-2-4-8-14(12)22(16)21-11)24-15-9-5-3-7-13(15)17(19)23/h2-10H,1H3,(H2,19,23). The van der Waals surface area contributed by atoms with E-state index in [1.807, 2.05) is 53.9 Å². The van der Waals surface area contributed by atoms with Gasteiger partial charge in [-0.15, -0.1) is 0 Å². The van der Waals surface area contributed by atoms with Gasteiger partial charge in [0.15, 0.2) is 5.65 Å². The van der Waals surface area contributed by atoms with Gasteiger partial charge in [-0.3, -0.25) is 4.79 Å². The van der Waals surface area contributed by atoms with E-state index in [4.69, 9.17) is 10.7 Å². The van der Waals surface area contributed by atoms with Crippen LogP contribution in [-0.2, 0) is 0 Å². The number of rotatable bonds is 3. The highest BCUT2D eigenvalue weighted by Crippen LogP contribution is 2.34. The van der Waals surface area contributed by atoms with Gasteiger partial charge in [0, 0.05) is 16.3 Å². The van der Waals surface area contributed by atoms with Crippen LogP contribution >= 0.6 is 11.8 Å². The predicted molar refractivity (Wildman–Crippen MR) is 94.3 cm³/mol. The Kier molecular flexibility index (Phi) is 3.46. The maximum atomic E-state index is 11.7. The van der Waals surface area contributed by atoms with Crippen molar-refractivity contribution < 1.29 is 4.79 Å². The monoisotopic (exact) mass is 334 g/mol. The number of hydrogen-bond donors (Lipinski definition) is 1. The number of benzene rings is 2. The van der Waals surface area contributed by atoms with Gasteiger partial charge < -0.3 is 5.73 Å². The summed E-state index contributed by atoms with van der Waals surface area (Å²) in [5.41, 5.74) is 8.66. The van der Waals surface area contributed by atoms with Crippen LogP contribution in [0.2, 0.25) is 0 Å². The van der Waals surface area contributed by atoms with Crippen molar-refractivity contribution in [1.29, 1.82) is 0 Å². The number of hydrogen-bond acceptors (Lipinski definition) is 4. The average molecular weight is 334 g/mol. The number of para-hydroxylation sites is 1. The minimum Gasteiger partial charge on any atom is -0.366 e. The van der Waals surface area contributed by atoms with Crippen LogP contribution in [0.5, 0.6) is 0 Å². The van der Waals surface area contributed by atoms with Gasteiger partial charge in [0.05, 0.1) is 16.8 Å². The van der Waals surface area contributed by atoms with E-state index in [2.05, 4.69) is 5.10 Å². The van der Waals surface area contributed by atoms with Crippen molar-refractivity contribution in [2.24, 2.45) is 5.73 Å². The first-order valence-electron chi connectivity index (χ1n) is 7.45. The maximum absolute atomic E-state index is 11.7. The van der Waals surface area contributed by atoms with E-state index in [1.54, 1.807) is 12.1 Å². The number of fused-ring (bicyclic) bond motifs is 3. The molecule has 2 heterocycles. The highest BCUT2D eigenvalue weighted by molar-refractivity contribution is 7.99. The fourth-order valence-corrected chi connectivity index (χ4v) is 3.74. The molecular formula is C18H14N4OS. The Morgan fingerprint density at radius 3 is 2.71 bits per heavy atom. The molecule has 0 fully saturated rings. The second kappa shape index (κ2) is 5.65. The Hall–Kier alpha value is -2.86. The zero-order valence-corrected chi connectivity index (χ0v) is 13.7. The van der Waals surface area contributed by atoms with Crippen LogP contribution in [0.3, 0.4) is 0 Å². The quantitative estimate of drug-likeness (QED) is 0.583. The highest BCUT2D eigenvalue weighted by Gasteiger charge is 2.14. The molecule has 24 heavy (non-hydrogen) atoms. The number of aromatic nitrogens is 3. The molecule has 0 unspecified atom stereocenters. The van der Waals surface area contributed by atoms with E-state index < -0.39 is 5.91 Å². The number of nitrogens with two attached hydrogens (primary N) is 1. The molecule has 0 aliphatic carbocycles. The van der Waals surface area contributed by atoms with Crippen molar-refractivity contribution in [3.05, 3.63) is 65.9 Å². The molecule has 2 N–H and O–H groups in total. The Morgan fingerprint density at radius 1 is 1.12 bits per heavy atom. The van der Waals surface area contributed by atoms with Crippen molar-refractivity contribution >= 4 is 34.2 Å². The summed E-state index contributed by atoms with van der Waals surface area (Å²) in [4.78, 5) is 17.2. The highest BCUT2D eigenvalue weighted by atomic mass is 32.2. The zero-order valence-electron chi connectivity index (χ0n) is 12.9. The van der Waals surface area contributed by atoms with Gasteiger partial charge in [0.1, 0.15) is 5.03 Å². The van der Waals surface area contributed by atoms with Crippen LogP contribution in [0.4, 0.5) is 0 Å². The summed E-state index contributed by atoms with van der Waals surface area (Å²) in [6.07, 6.45) is 0. The third kappa shape index (κ3) is 2.41. The summed E-state index contributed by atoms with van der Waals surface area (Å²) in [6.45, 7) is 1.94. The van der Waals surface area contributed by atoms with Gasteiger partial charge in [-0.25, -0.2) is 9.50 Å². The van der Waals surface area contributed by atoms with E-state index in [1.165, 1.54) is 11.8 Å². The van der Waals surface area contributed by atoms with Crippen molar-refractivity contribution in [2.45, 2.75) is 16.8 Å². The summed E-state index contributed by atoms with van der Waals surface area (Å²) >= 11 is 1.44. The molecule has 2 aromatic carbocycles.